The molecule has 0 amide bonds. The fourth-order valence-corrected chi connectivity index (χ4v) is 1.15. The van der Waals surface area contributed by atoms with Crippen LogP contribution in [0.2, 0.25) is 0 Å². The molecule has 72 valence electrons. The van der Waals surface area contributed by atoms with Crippen molar-refractivity contribution in [2.24, 2.45) is 0 Å². The minimum absolute atomic E-state index is 0.127. The molecule has 6 heteroatoms. The number of nitrogens with zero attached hydrogens (tertiary/aromatic N) is 2. The second kappa shape index (κ2) is 2.69. The molecule has 0 atom stereocenters. The maximum absolute atomic E-state index is 10.6. The molecule has 0 fully saturated rings. The summed E-state index contributed by atoms with van der Waals surface area (Å²) in [6.07, 6.45) is 0. The molecule has 0 aliphatic carbocycles. The van der Waals surface area contributed by atoms with Crippen molar-refractivity contribution in [1.29, 1.82) is 0 Å². The molecule has 0 aliphatic heterocycles. The van der Waals surface area contributed by atoms with Gasteiger partial charge < -0.3 is 15.8 Å². The van der Waals surface area contributed by atoms with Gasteiger partial charge in [0.25, 0.3) is 0 Å². The molecule has 0 spiro atoms. The van der Waals surface area contributed by atoms with Crippen LogP contribution in [-0.4, -0.2) is 26.0 Å². The first-order valence-electron chi connectivity index (χ1n) is 3.94. The first-order chi connectivity index (χ1) is 6.58. The molecule has 0 saturated carbocycles. The lowest BCUT2D eigenvalue weighted by Crippen LogP contribution is -1.97. The van der Waals surface area contributed by atoms with E-state index in [-0.39, 0.29) is 5.82 Å². The van der Waals surface area contributed by atoms with Crippen LogP contribution in [0.4, 0.5) is 5.69 Å². The van der Waals surface area contributed by atoms with Crippen molar-refractivity contribution in [3.63, 3.8) is 0 Å². The van der Waals surface area contributed by atoms with Crippen LogP contribution < -0.4 is 5.73 Å². The summed E-state index contributed by atoms with van der Waals surface area (Å²) in [5.41, 5.74) is 7.67. The van der Waals surface area contributed by atoms with E-state index in [2.05, 4.69) is 15.0 Å². The Morgan fingerprint density at radius 3 is 2.93 bits per heavy atom. The SMILES string of the molecule is Cc1nc2nc(C(=O)O)[nH]c2cc1N. The Kier molecular flexibility index (Phi) is 1.63. The number of carbonyl (C=O) groups is 1. The van der Waals surface area contributed by atoms with Crippen LogP contribution in [0.1, 0.15) is 16.3 Å². The normalized spacial score (nSPS) is 10.6. The molecule has 14 heavy (non-hydrogen) atoms. The minimum atomic E-state index is -1.11. The van der Waals surface area contributed by atoms with Gasteiger partial charge in [0, 0.05) is 0 Å². The van der Waals surface area contributed by atoms with E-state index in [1.165, 1.54) is 0 Å². The first-order valence-corrected chi connectivity index (χ1v) is 3.94. The van der Waals surface area contributed by atoms with Crippen LogP contribution in [0, 0.1) is 6.92 Å². The molecule has 2 aromatic rings. The molecule has 0 aliphatic rings. The molecular weight excluding hydrogens is 184 g/mol. The maximum Gasteiger partial charge on any atom is 0.371 e. The predicted molar refractivity (Wildman–Crippen MR) is 50.0 cm³/mol. The van der Waals surface area contributed by atoms with E-state index in [4.69, 9.17) is 10.8 Å². The Balaban J connectivity index is 2.72. The van der Waals surface area contributed by atoms with Crippen molar-refractivity contribution in [1.82, 2.24) is 15.0 Å². The number of hydrogen-bond donors (Lipinski definition) is 3. The van der Waals surface area contributed by atoms with E-state index in [0.29, 0.717) is 22.5 Å². The highest BCUT2D eigenvalue weighted by molar-refractivity contribution is 5.88. The van der Waals surface area contributed by atoms with E-state index in [1.54, 1.807) is 13.0 Å². The van der Waals surface area contributed by atoms with Gasteiger partial charge in [0.2, 0.25) is 5.82 Å². The van der Waals surface area contributed by atoms with Crippen molar-refractivity contribution >= 4 is 22.8 Å². The van der Waals surface area contributed by atoms with Crippen LogP contribution in [-0.2, 0) is 0 Å². The van der Waals surface area contributed by atoms with Crippen molar-refractivity contribution < 1.29 is 9.90 Å². The number of aromatic carboxylic acids is 1. The molecule has 0 unspecified atom stereocenters. The number of hydrogen-bond acceptors (Lipinski definition) is 4. The van der Waals surface area contributed by atoms with E-state index < -0.39 is 5.97 Å². The standard InChI is InChI=1S/C8H8N4O2/c1-3-4(9)2-5-6(10-3)12-7(11-5)8(13)14/h2H,9H2,1H3,(H,13,14)(H,10,11,12). The maximum atomic E-state index is 10.6. The van der Waals surface area contributed by atoms with Gasteiger partial charge in [-0.1, -0.05) is 0 Å². The van der Waals surface area contributed by atoms with Gasteiger partial charge >= 0.3 is 5.97 Å². The molecule has 2 heterocycles. The number of aromatic nitrogens is 3. The van der Waals surface area contributed by atoms with Gasteiger partial charge in [-0.25, -0.2) is 14.8 Å². The zero-order valence-electron chi connectivity index (χ0n) is 7.40. The summed E-state index contributed by atoms with van der Waals surface area (Å²) in [4.78, 5) is 21.0. The van der Waals surface area contributed by atoms with Crippen molar-refractivity contribution in [3.8, 4) is 0 Å². The number of rotatable bonds is 1. The summed E-state index contributed by atoms with van der Waals surface area (Å²) >= 11 is 0. The van der Waals surface area contributed by atoms with Crippen LogP contribution >= 0.6 is 0 Å². The van der Waals surface area contributed by atoms with Crippen molar-refractivity contribution in [2.75, 3.05) is 5.73 Å². The number of aryl methyl sites for hydroxylation is 1. The van der Waals surface area contributed by atoms with Gasteiger partial charge in [0.15, 0.2) is 5.65 Å². The number of anilines is 1. The Morgan fingerprint density at radius 2 is 2.29 bits per heavy atom. The molecule has 0 aromatic carbocycles. The summed E-state index contributed by atoms with van der Waals surface area (Å²) in [6, 6.07) is 1.62. The molecular formula is C8H8N4O2. The zero-order valence-corrected chi connectivity index (χ0v) is 7.40. The lowest BCUT2D eigenvalue weighted by Gasteiger charge is -1.96. The molecule has 0 bridgehead atoms. The van der Waals surface area contributed by atoms with E-state index in [9.17, 15) is 4.79 Å². The smallest absolute Gasteiger partial charge is 0.371 e. The Bertz CT molecular complexity index is 478. The number of fused-ring (bicyclic) bond motifs is 1. The average molecular weight is 192 g/mol. The number of aromatic amines is 1. The number of nitrogens with one attached hydrogen (secondary N) is 1. The second-order valence-corrected chi connectivity index (χ2v) is 2.92. The number of pyridine rings is 1. The lowest BCUT2D eigenvalue weighted by atomic mass is 10.3. The number of nitrogens with two attached hydrogens (primary N) is 1. The summed E-state index contributed by atoms with van der Waals surface area (Å²) in [5.74, 6) is -1.24. The summed E-state index contributed by atoms with van der Waals surface area (Å²) < 4.78 is 0. The Hall–Kier alpha value is -2.11. The highest BCUT2D eigenvalue weighted by atomic mass is 16.4. The van der Waals surface area contributed by atoms with Crippen LogP contribution in [0.25, 0.3) is 11.2 Å². The fourth-order valence-electron chi connectivity index (χ4n) is 1.15. The lowest BCUT2D eigenvalue weighted by molar-refractivity contribution is 0.0685. The number of carboxylic acids is 1. The highest BCUT2D eigenvalue weighted by Gasteiger charge is 2.11. The Labute approximate surface area is 78.8 Å². The van der Waals surface area contributed by atoms with Gasteiger partial charge in [-0.05, 0) is 13.0 Å². The molecule has 2 rings (SSSR count). The van der Waals surface area contributed by atoms with Gasteiger partial charge in [-0.15, -0.1) is 0 Å². The minimum Gasteiger partial charge on any atom is -0.475 e. The number of nitrogen functional groups attached to an aromatic ring is 1. The molecule has 2 aromatic heterocycles. The third-order valence-corrected chi connectivity index (χ3v) is 1.91. The van der Waals surface area contributed by atoms with E-state index in [0.717, 1.165) is 0 Å². The quantitative estimate of drug-likeness (QED) is 0.611. The molecule has 4 N–H and O–H groups in total. The predicted octanol–water partition coefficient (Wildman–Crippen LogP) is 0.547. The largest absolute Gasteiger partial charge is 0.475 e. The first kappa shape index (κ1) is 8.49. The van der Waals surface area contributed by atoms with E-state index >= 15 is 0 Å². The second-order valence-electron chi connectivity index (χ2n) is 2.92. The molecule has 6 nitrogen and oxygen atoms in total. The van der Waals surface area contributed by atoms with Crippen molar-refractivity contribution in [3.05, 3.63) is 17.6 Å². The third kappa shape index (κ3) is 1.17. The number of imidazole rings is 1. The number of carboxylic acid groups (broad SMARTS) is 1. The highest BCUT2D eigenvalue weighted by Crippen LogP contribution is 2.15. The van der Waals surface area contributed by atoms with Crippen LogP contribution in [0.15, 0.2) is 6.07 Å². The van der Waals surface area contributed by atoms with E-state index in [1.807, 2.05) is 0 Å². The monoisotopic (exact) mass is 192 g/mol. The fraction of sp³-hybridized carbons (Fsp3) is 0.125. The van der Waals surface area contributed by atoms with Gasteiger partial charge in [0.1, 0.15) is 0 Å². The van der Waals surface area contributed by atoms with Crippen molar-refractivity contribution in [2.45, 2.75) is 6.92 Å². The molecule has 0 radical (unpaired) electrons. The average Bonchev–Trinajstić information content (AvgIpc) is 2.48. The summed E-state index contributed by atoms with van der Waals surface area (Å²) in [6.45, 7) is 1.74. The zero-order chi connectivity index (χ0) is 10.3. The van der Waals surface area contributed by atoms with Gasteiger partial charge in [-0.2, -0.15) is 0 Å². The molecule has 0 saturated heterocycles. The topological polar surface area (TPSA) is 105 Å². The van der Waals surface area contributed by atoms with Gasteiger partial charge in [-0.3, -0.25) is 0 Å². The summed E-state index contributed by atoms with van der Waals surface area (Å²) in [7, 11) is 0. The Morgan fingerprint density at radius 1 is 1.57 bits per heavy atom. The van der Waals surface area contributed by atoms with Gasteiger partial charge in [0.05, 0.1) is 16.9 Å². The van der Waals surface area contributed by atoms with Crippen LogP contribution in [0.3, 0.4) is 0 Å². The number of H-pyrrole nitrogens is 1. The third-order valence-electron chi connectivity index (χ3n) is 1.91. The summed E-state index contributed by atoms with van der Waals surface area (Å²) in [5, 5.41) is 8.67. The van der Waals surface area contributed by atoms with Crippen LogP contribution in [0.5, 0.6) is 0 Å².